The van der Waals surface area contributed by atoms with E-state index < -0.39 is 29.3 Å². The van der Waals surface area contributed by atoms with E-state index in [9.17, 15) is 14.4 Å². The summed E-state index contributed by atoms with van der Waals surface area (Å²) >= 11 is 6.30. The summed E-state index contributed by atoms with van der Waals surface area (Å²) in [6, 6.07) is 2.27. The predicted molar refractivity (Wildman–Crippen MR) is 109 cm³/mol. The number of benzene rings is 1. The second-order valence-electron chi connectivity index (χ2n) is 8.17. The van der Waals surface area contributed by atoms with Gasteiger partial charge in [0.1, 0.15) is 17.2 Å². The van der Waals surface area contributed by atoms with Gasteiger partial charge in [0, 0.05) is 23.6 Å². The van der Waals surface area contributed by atoms with Gasteiger partial charge in [-0.1, -0.05) is 11.6 Å². The molecule has 1 atom stereocenters. The van der Waals surface area contributed by atoms with E-state index in [1.54, 1.807) is 40.7 Å². The molecule has 0 radical (unpaired) electrons. The fourth-order valence-electron chi connectivity index (χ4n) is 3.25. The average Bonchev–Trinajstić information content (AvgIpc) is 3.10. The molecular formula is C21H24ClNO6. The first kappa shape index (κ1) is 21.2. The maximum atomic E-state index is 12.7. The Labute approximate surface area is 173 Å². The van der Waals surface area contributed by atoms with Crippen molar-refractivity contribution < 1.29 is 23.5 Å². The number of hydrogen-bond donors (Lipinski definition) is 0. The van der Waals surface area contributed by atoms with E-state index in [1.165, 1.54) is 11.0 Å². The molecule has 0 spiro atoms. The number of rotatable bonds is 2. The van der Waals surface area contributed by atoms with E-state index in [-0.39, 0.29) is 16.4 Å². The molecule has 1 aromatic carbocycles. The van der Waals surface area contributed by atoms with Crippen molar-refractivity contribution in [3.63, 3.8) is 0 Å². The molecule has 1 aliphatic heterocycles. The Kier molecular flexibility index (Phi) is 5.63. The highest BCUT2D eigenvalue weighted by molar-refractivity contribution is 6.33. The molecule has 1 unspecified atom stereocenters. The zero-order chi connectivity index (χ0) is 21.5. The molecule has 1 aliphatic rings. The van der Waals surface area contributed by atoms with E-state index in [0.29, 0.717) is 30.3 Å². The summed E-state index contributed by atoms with van der Waals surface area (Å²) < 4.78 is 16.2. The summed E-state index contributed by atoms with van der Waals surface area (Å²) in [6.45, 7) is 9.18. The summed E-state index contributed by atoms with van der Waals surface area (Å²) in [5, 5.41) is 0.882. The fraction of sp³-hybridized carbons (Fsp3) is 0.476. The van der Waals surface area contributed by atoms with Crippen LogP contribution in [0, 0.1) is 13.8 Å². The largest absolute Gasteiger partial charge is 0.444 e. The molecule has 8 heteroatoms. The van der Waals surface area contributed by atoms with E-state index in [1.807, 2.05) is 0 Å². The summed E-state index contributed by atoms with van der Waals surface area (Å²) in [5.74, 6) is -0.535. The highest BCUT2D eigenvalue weighted by Gasteiger charge is 2.38. The van der Waals surface area contributed by atoms with Gasteiger partial charge < -0.3 is 13.9 Å². The molecule has 0 N–H and O–H groups in total. The Bertz CT molecular complexity index is 1040. The van der Waals surface area contributed by atoms with Crippen LogP contribution in [0.25, 0.3) is 11.0 Å². The standard InChI is InChI=1S/C21H24ClNO6/c1-11-12(2)18(24)27-16-10-17(14(22)9-13(11)16)28-19(25)15-7-6-8-23(15)20(26)29-21(3,4)5/h9-10,15H,6-8H2,1-5H3. The lowest BCUT2D eigenvalue weighted by Crippen LogP contribution is -2.44. The summed E-state index contributed by atoms with van der Waals surface area (Å²) in [6.07, 6.45) is 0.577. The van der Waals surface area contributed by atoms with Crippen LogP contribution in [0.1, 0.15) is 44.7 Å². The molecule has 156 valence electrons. The first-order chi connectivity index (χ1) is 13.5. The zero-order valence-electron chi connectivity index (χ0n) is 17.1. The normalized spacial score (nSPS) is 16.9. The van der Waals surface area contributed by atoms with Crippen molar-refractivity contribution in [2.75, 3.05) is 6.54 Å². The number of aryl methyl sites for hydroxylation is 1. The topological polar surface area (TPSA) is 86.1 Å². The van der Waals surface area contributed by atoms with Crippen LogP contribution < -0.4 is 10.4 Å². The van der Waals surface area contributed by atoms with Gasteiger partial charge in [0.15, 0.2) is 5.75 Å². The molecule has 29 heavy (non-hydrogen) atoms. The lowest BCUT2D eigenvalue weighted by atomic mass is 10.1. The van der Waals surface area contributed by atoms with Gasteiger partial charge in [0.25, 0.3) is 0 Å². The number of ether oxygens (including phenoxy) is 2. The summed E-state index contributed by atoms with van der Waals surface area (Å²) in [7, 11) is 0. The van der Waals surface area contributed by atoms with Crippen LogP contribution in [0.4, 0.5) is 4.79 Å². The lowest BCUT2D eigenvalue weighted by Gasteiger charge is -2.27. The highest BCUT2D eigenvalue weighted by Crippen LogP contribution is 2.33. The lowest BCUT2D eigenvalue weighted by molar-refractivity contribution is -0.139. The average molecular weight is 422 g/mol. The second kappa shape index (κ2) is 7.71. The number of carbonyl (C=O) groups is 2. The molecular weight excluding hydrogens is 398 g/mol. The molecule has 2 aromatic rings. The quantitative estimate of drug-likeness (QED) is 0.406. The monoisotopic (exact) mass is 421 g/mol. The van der Waals surface area contributed by atoms with E-state index in [0.717, 1.165) is 5.56 Å². The minimum Gasteiger partial charge on any atom is -0.444 e. The van der Waals surface area contributed by atoms with Crippen molar-refractivity contribution in [1.29, 1.82) is 0 Å². The van der Waals surface area contributed by atoms with Gasteiger partial charge in [-0.3, -0.25) is 4.90 Å². The van der Waals surface area contributed by atoms with Gasteiger partial charge in [-0.05, 0) is 59.1 Å². The molecule has 0 saturated carbocycles. The SMILES string of the molecule is Cc1c(C)c2cc(Cl)c(OC(=O)C3CCCN3C(=O)OC(C)(C)C)cc2oc1=O. The van der Waals surface area contributed by atoms with Gasteiger partial charge >= 0.3 is 17.7 Å². The molecule has 2 heterocycles. The fourth-order valence-corrected chi connectivity index (χ4v) is 3.45. The van der Waals surface area contributed by atoms with Crippen LogP contribution in [0.5, 0.6) is 5.75 Å². The molecule has 1 aromatic heterocycles. The van der Waals surface area contributed by atoms with Gasteiger partial charge in [0.05, 0.1) is 5.02 Å². The minimum atomic E-state index is -0.761. The Hall–Kier alpha value is -2.54. The molecule has 3 rings (SSSR count). The first-order valence-corrected chi connectivity index (χ1v) is 9.80. The second-order valence-corrected chi connectivity index (χ2v) is 8.58. The Morgan fingerprint density at radius 2 is 1.90 bits per heavy atom. The Morgan fingerprint density at radius 3 is 2.55 bits per heavy atom. The third kappa shape index (κ3) is 4.40. The van der Waals surface area contributed by atoms with Gasteiger partial charge in [-0.25, -0.2) is 14.4 Å². The molecule has 1 amide bonds. The van der Waals surface area contributed by atoms with Crippen molar-refractivity contribution in [3.05, 3.63) is 38.7 Å². The molecule has 7 nitrogen and oxygen atoms in total. The predicted octanol–water partition coefficient (Wildman–Crippen LogP) is 4.37. The maximum Gasteiger partial charge on any atom is 0.411 e. The third-order valence-electron chi connectivity index (χ3n) is 4.87. The van der Waals surface area contributed by atoms with Crippen LogP contribution in [-0.2, 0) is 9.53 Å². The van der Waals surface area contributed by atoms with Crippen LogP contribution in [-0.4, -0.2) is 35.2 Å². The molecule has 0 aliphatic carbocycles. The summed E-state index contributed by atoms with van der Waals surface area (Å²) in [4.78, 5) is 38.5. The molecule has 0 bridgehead atoms. The van der Waals surface area contributed by atoms with Gasteiger partial charge in [0.2, 0.25) is 0 Å². The number of hydrogen-bond acceptors (Lipinski definition) is 6. The number of likely N-dealkylation sites (tertiary alicyclic amines) is 1. The van der Waals surface area contributed by atoms with Crippen LogP contribution in [0.3, 0.4) is 0 Å². The third-order valence-corrected chi connectivity index (χ3v) is 5.17. The van der Waals surface area contributed by atoms with Crippen molar-refractivity contribution in [2.45, 2.75) is 59.1 Å². The molecule has 1 fully saturated rings. The van der Waals surface area contributed by atoms with E-state index >= 15 is 0 Å². The number of esters is 1. The van der Waals surface area contributed by atoms with Crippen LogP contribution >= 0.6 is 11.6 Å². The van der Waals surface area contributed by atoms with Crippen molar-refractivity contribution in [2.24, 2.45) is 0 Å². The number of fused-ring (bicyclic) bond motifs is 1. The van der Waals surface area contributed by atoms with E-state index in [4.69, 9.17) is 25.5 Å². The smallest absolute Gasteiger partial charge is 0.411 e. The number of nitrogens with zero attached hydrogens (tertiary/aromatic N) is 1. The maximum absolute atomic E-state index is 12.7. The van der Waals surface area contributed by atoms with Crippen molar-refractivity contribution in [1.82, 2.24) is 4.90 Å². The summed E-state index contributed by atoms with van der Waals surface area (Å²) in [5.41, 5.74) is 0.408. The van der Waals surface area contributed by atoms with Crippen LogP contribution in [0.2, 0.25) is 5.02 Å². The Morgan fingerprint density at radius 1 is 1.21 bits per heavy atom. The molecule has 1 saturated heterocycles. The Balaban J connectivity index is 1.85. The van der Waals surface area contributed by atoms with Gasteiger partial charge in [-0.15, -0.1) is 0 Å². The minimum absolute atomic E-state index is 0.0756. The number of carbonyl (C=O) groups excluding carboxylic acids is 2. The number of amides is 1. The van der Waals surface area contributed by atoms with Gasteiger partial charge in [-0.2, -0.15) is 0 Å². The highest BCUT2D eigenvalue weighted by atomic mass is 35.5. The van der Waals surface area contributed by atoms with Crippen molar-refractivity contribution in [3.8, 4) is 5.75 Å². The van der Waals surface area contributed by atoms with Crippen LogP contribution in [0.15, 0.2) is 21.3 Å². The first-order valence-electron chi connectivity index (χ1n) is 9.43. The zero-order valence-corrected chi connectivity index (χ0v) is 17.9. The van der Waals surface area contributed by atoms with Crippen molar-refractivity contribution >= 4 is 34.6 Å². The van der Waals surface area contributed by atoms with E-state index in [2.05, 4.69) is 0 Å². The number of halogens is 1.